The van der Waals surface area contributed by atoms with E-state index in [0.717, 1.165) is 11.3 Å². The summed E-state index contributed by atoms with van der Waals surface area (Å²) in [5.74, 6) is 1.73. The molecule has 148 valence electrons. The molecule has 0 atom stereocenters. The lowest BCUT2D eigenvalue weighted by Crippen LogP contribution is -2.13. The third-order valence-electron chi connectivity index (χ3n) is 4.58. The highest BCUT2D eigenvalue weighted by molar-refractivity contribution is 5.81. The highest BCUT2D eigenvalue weighted by atomic mass is 16.5. The molecule has 0 N–H and O–H groups in total. The predicted octanol–water partition coefficient (Wildman–Crippen LogP) is 5.52. The van der Waals surface area contributed by atoms with Gasteiger partial charge in [0.2, 0.25) is 16.9 Å². The van der Waals surface area contributed by atoms with E-state index in [9.17, 15) is 4.79 Å². The lowest BCUT2D eigenvalue weighted by molar-refractivity contribution is 0.244. The van der Waals surface area contributed by atoms with Crippen LogP contribution in [0.1, 0.15) is 17.5 Å². The third-order valence-corrected chi connectivity index (χ3v) is 4.58. The van der Waals surface area contributed by atoms with Gasteiger partial charge in [0.1, 0.15) is 11.3 Å². The summed E-state index contributed by atoms with van der Waals surface area (Å²) >= 11 is 0. The Balaban J connectivity index is 1.52. The van der Waals surface area contributed by atoms with Gasteiger partial charge in [-0.2, -0.15) is 0 Å². The van der Waals surface area contributed by atoms with E-state index >= 15 is 0 Å². The van der Waals surface area contributed by atoms with Gasteiger partial charge in [-0.05, 0) is 55.8 Å². The molecule has 2 heterocycles. The standard InChI is InChI=1S/C24H22O5/c1-16-6-9-18(10-7-16)26-13-4-14-28-24-22(25)19-11-8-17(2)15-21(19)29-23(24)20-5-3-12-27-20/h3,5-12,15H,4,13-14H2,1-2H3. The Hall–Kier alpha value is -3.47. The van der Waals surface area contributed by atoms with Crippen LogP contribution in [0.3, 0.4) is 0 Å². The van der Waals surface area contributed by atoms with E-state index in [0.29, 0.717) is 42.1 Å². The number of furan rings is 1. The van der Waals surface area contributed by atoms with E-state index in [4.69, 9.17) is 18.3 Å². The van der Waals surface area contributed by atoms with Gasteiger partial charge in [-0.1, -0.05) is 23.8 Å². The van der Waals surface area contributed by atoms with E-state index in [1.54, 1.807) is 18.2 Å². The van der Waals surface area contributed by atoms with Crippen LogP contribution in [-0.4, -0.2) is 13.2 Å². The minimum atomic E-state index is -0.211. The zero-order chi connectivity index (χ0) is 20.2. The first-order valence-corrected chi connectivity index (χ1v) is 9.55. The molecule has 29 heavy (non-hydrogen) atoms. The molecule has 0 aliphatic carbocycles. The number of hydrogen-bond donors (Lipinski definition) is 0. The Morgan fingerprint density at radius 1 is 0.897 bits per heavy atom. The zero-order valence-electron chi connectivity index (χ0n) is 16.4. The second-order valence-electron chi connectivity index (χ2n) is 6.93. The minimum Gasteiger partial charge on any atom is -0.493 e. The maximum absolute atomic E-state index is 13.0. The molecule has 0 unspecified atom stereocenters. The number of hydrogen-bond acceptors (Lipinski definition) is 5. The van der Waals surface area contributed by atoms with Crippen molar-refractivity contribution in [2.45, 2.75) is 20.3 Å². The summed E-state index contributed by atoms with van der Waals surface area (Å²) in [4.78, 5) is 13.0. The molecule has 4 aromatic rings. The molecule has 5 nitrogen and oxygen atoms in total. The van der Waals surface area contributed by atoms with Gasteiger partial charge in [-0.15, -0.1) is 0 Å². The number of benzene rings is 2. The molecule has 0 amide bonds. The van der Waals surface area contributed by atoms with Crippen molar-refractivity contribution in [2.24, 2.45) is 0 Å². The summed E-state index contributed by atoms with van der Waals surface area (Å²) in [6.45, 7) is 4.79. The maximum atomic E-state index is 13.0. The van der Waals surface area contributed by atoms with E-state index < -0.39 is 0 Å². The molecule has 0 saturated carbocycles. The molecule has 2 aromatic carbocycles. The smallest absolute Gasteiger partial charge is 0.235 e. The molecule has 0 radical (unpaired) electrons. The molecule has 0 fully saturated rings. The van der Waals surface area contributed by atoms with Gasteiger partial charge in [0.25, 0.3) is 0 Å². The fourth-order valence-electron chi connectivity index (χ4n) is 3.04. The topological polar surface area (TPSA) is 61.8 Å². The number of ether oxygens (including phenoxy) is 2. The normalized spacial score (nSPS) is 11.0. The monoisotopic (exact) mass is 390 g/mol. The van der Waals surface area contributed by atoms with Crippen molar-refractivity contribution in [3.8, 4) is 23.0 Å². The van der Waals surface area contributed by atoms with Crippen LogP contribution in [0, 0.1) is 13.8 Å². The molecule has 0 aliphatic rings. The van der Waals surface area contributed by atoms with E-state index in [-0.39, 0.29) is 11.2 Å². The summed E-state index contributed by atoms with van der Waals surface area (Å²) in [6.07, 6.45) is 2.16. The van der Waals surface area contributed by atoms with Crippen LogP contribution in [0.5, 0.6) is 11.5 Å². The Labute approximate surface area is 168 Å². The van der Waals surface area contributed by atoms with Crippen molar-refractivity contribution < 1.29 is 18.3 Å². The fraction of sp³-hybridized carbons (Fsp3) is 0.208. The van der Waals surface area contributed by atoms with E-state index in [1.165, 1.54) is 11.8 Å². The van der Waals surface area contributed by atoms with Crippen LogP contribution >= 0.6 is 0 Å². The Morgan fingerprint density at radius 3 is 2.41 bits per heavy atom. The van der Waals surface area contributed by atoms with Gasteiger partial charge in [-0.3, -0.25) is 4.79 Å². The lowest BCUT2D eigenvalue weighted by atomic mass is 10.1. The first kappa shape index (κ1) is 18.9. The third kappa shape index (κ3) is 4.19. The summed E-state index contributed by atoms with van der Waals surface area (Å²) in [6, 6.07) is 16.8. The summed E-state index contributed by atoms with van der Waals surface area (Å²) < 4.78 is 23.0. The molecule has 0 spiro atoms. The van der Waals surface area contributed by atoms with Crippen LogP contribution in [0.15, 0.2) is 74.5 Å². The Kier molecular flexibility index (Phi) is 5.38. The van der Waals surface area contributed by atoms with Gasteiger partial charge < -0.3 is 18.3 Å². The Bertz CT molecular complexity index is 1150. The van der Waals surface area contributed by atoms with Crippen LogP contribution in [0.25, 0.3) is 22.5 Å². The molecular formula is C24H22O5. The number of aryl methyl sites for hydroxylation is 2. The first-order valence-electron chi connectivity index (χ1n) is 9.55. The van der Waals surface area contributed by atoms with Gasteiger partial charge >= 0.3 is 0 Å². The molecule has 2 aromatic heterocycles. The number of rotatable bonds is 7. The van der Waals surface area contributed by atoms with Crippen LogP contribution in [0.4, 0.5) is 0 Å². The van der Waals surface area contributed by atoms with Gasteiger partial charge in [0.05, 0.1) is 24.9 Å². The van der Waals surface area contributed by atoms with Crippen molar-refractivity contribution in [3.05, 3.63) is 82.2 Å². The largest absolute Gasteiger partial charge is 0.493 e. The summed E-state index contributed by atoms with van der Waals surface area (Å²) in [5, 5.41) is 0.483. The van der Waals surface area contributed by atoms with Crippen molar-refractivity contribution in [1.82, 2.24) is 0 Å². The lowest BCUT2D eigenvalue weighted by Gasteiger charge is -2.11. The summed E-state index contributed by atoms with van der Waals surface area (Å²) in [7, 11) is 0. The van der Waals surface area contributed by atoms with Gasteiger partial charge in [-0.25, -0.2) is 0 Å². The second kappa shape index (κ2) is 8.27. The predicted molar refractivity (Wildman–Crippen MR) is 112 cm³/mol. The zero-order valence-corrected chi connectivity index (χ0v) is 16.4. The van der Waals surface area contributed by atoms with Crippen molar-refractivity contribution in [3.63, 3.8) is 0 Å². The average molecular weight is 390 g/mol. The average Bonchev–Trinajstić information content (AvgIpc) is 3.25. The molecule has 0 aliphatic heterocycles. The minimum absolute atomic E-state index is 0.159. The van der Waals surface area contributed by atoms with Gasteiger partial charge in [0, 0.05) is 6.42 Å². The van der Waals surface area contributed by atoms with Crippen molar-refractivity contribution >= 4 is 11.0 Å². The van der Waals surface area contributed by atoms with Crippen molar-refractivity contribution in [1.29, 1.82) is 0 Å². The van der Waals surface area contributed by atoms with Crippen molar-refractivity contribution in [2.75, 3.05) is 13.2 Å². The van der Waals surface area contributed by atoms with Gasteiger partial charge in [0.15, 0.2) is 5.76 Å². The molecule has 0 bridgehead atoms. The summed E-state index contributed by atoms with van der Waals surface area (Å²) in [5.41, 5.74) is 2.49. The molecule has 0 saturated heterocycles. The molecule has 4 rings (SSSR count). The highest BCUT2D eigenvalue weighted by Gasteiger charge is 2.19. The van der Waals surface area contributed by atoms with Crippen LogP contribution in [0.2, 0.25) is 0 Å². The van der Waals surface area contributed by atoms with Crippen LogP contribution in [-0.2, 0) is 0 Å². The van der Waals surface area contributed by atoms with E-state index in [2.05, 4.69) is 0 Å². The second-order valence-corrected chi connectivity index (χ2v) is 6.93. The number of fused-ring (bicyclic) bond motifs is 1. The molecule has 5 heteroatoms. The Morgan fingerprint density at radius 2 is 1.66 bits per heavy atom. The maximum Gasteiger partial charge on any atom is 0.235 e. The quantitative estimate of drug-likeness (QED) is 0.389. The fourth-order valence-corrected chi connectivity index (χ4v) is 3.04. The van der Waals surface area contributed by atoms with E-state index in [1.807, 2.05) is 50.2 Å². The highest BCUT2D eigenvalue weighted by Crippen LogP contribution is 2.31. The SMILES string of the molecule is Cc1ccc(OCCCOc2c(-c3ccco3)oc3cc(C)ccc3c2=O)cc1. The van der Waals surface area contributed by atoms with Crippen LogP contribution < -0.4 is 14.9 Å². The molecular weight excluding hydrogens is 368 g/mol. The first-order chi connectivity index (χ1) is 14.1.